The van der Waals surface area contributed by atoms with Crippen molar-refractivity contribution >= 4 is 21.8 Å². The maximum absolute atomic E-state index is 14.3. The van der Waals surface area contributed by atoms with E-state index in [9.17, 15) is 4.39 Å². The number of nitrogens with zero attached hydrogens (tertiary/aromatic N) is 4. The number of allylic oxidation sites excluding steroid dienone is 2. The third kappa shape index (κ3) is 5.20. The van der Waals surface area contributed by atoms with Crippen molar-refractivity contribution in [2.45, 2.75) is 66.2 Å². The molecule has 0 saturated carbocycles. The van der Waals surface area contributed by atoms with E-state index in [1.54, 1.807) is 5.57 Å². The molecule has 1 aliphatic carbocycles. The van der Waals surface area contributed by atoms with E-state index in [4.69, 9.17) is 9.84 Å². The van der Waals surface area contributed by atoms with Gasteiger partial charge in [0.2, 0.25) is 0 Å². The Balaban J connectivity index is 1.25. The highest BCUT2D eigenvalue weighted by Gasteiger charge is 2.34. The highest BCUT2D eigenvalue weighted by atomic mass is 19.1. The van der Waals surface area contributed by atoms with E-state index in [0.29, 0.717) is 29.3 Å². The van der Waals surface area contributed by atoms with Gasteiger partial charge in [0.05, 0.1) is 22.4 Å². The van der Waals surface area contributed by atoms with Crippen LogP contribution < -0.4 is 4.74 Å². The van der Waals surface area contributed by atoms with E-state index in [2.05, 4.69) is 74.6 Å². The fourth-order valence-electron chi connectivity index (χ4n) is 7.70. The van der Waals surface area contributed by atoms with Crippen LogP contribution in [-0.4, -0.2) is 19.3 Å². The maximum atomic E-state index is 14.3. The van der Waals surface area contributed by atoms with Gasteiger partial charge >= 0.3 is 0 Å². The molecule has 3 heterocycles. The molecular formula is C40H41FN4O. The van der Waals surface area contributed by atoms with Crippen molar-refractivity contribution < 1.29 is 9.13 Å². The second-order valence-electron chi connectivity index (χ2n) is 12.6. The Morgan fingerprint density at radius 1 is 0.848 bits per heavy atom. The summed E-state index contributed by atoms with van der Waals surface area (Å²) in [5.74, 6) is 3.33. The molecule has 1 unspecified atom stereocenters. The first kappa shape index (κ1) is 30.0. The summed E-state index contributed by atoms with van der Waals surface area (Å²) >= 11 is 0. The first-order chi connectivity index (χ1) is 22.4. The molecule has 6 heteroatoms. The third-order valence-corrected chi connectivity index (χ3v) is 9.92. The fourth-order valence-corrected chi connectivity index (χ4v) is 7.70. The average molecular weight is 613 g/mol. The van der Waals surface area contributed by atoms with Crippen LogP contribution >= 0.6 is 0 Å². The summed E-state index contributed by atoms with van der Waals surface area (Å²) < 4.78 is 24.8. The van der Waals surface area contributed by atoms with Crippen LogP contribution in [0.5, 0.6) is 11.5 Å². The Labute approximate surface area is 270 Å². The molecule has 5 nitrogen and oxygen atoms in total. The van der Waals surface area contributed by atoms with Crippen LogP contribution in [0.4, 0.5) is 4.39 Å². The maximum Gasteiger partial charge on any atom is 0.140 e. The third-order valence-electron chi connectivity index (χ3n) is 9.92. The summed E-state index contributed by atoms with van der Waals surface area (Å²) in [6, 6.07) is 25.1. The lowest BCUT2D eigenvalue weighted by Crippen LogP contribution is -2.24. The predicted molar refractivity (Wildman–Crippen MR) is 185 cm³/mol. The zero-order valence-electron chi connectivity index (χ0n) is 27.3. The lowest BCUT2D eigenvalue weighted by Gasteiger charge is -2.36. The molecule has 46 heavy (non-hydrogen) atoms. The lowest BCUT2D eigenvalue weighted by atomic mass is 9.68. The van der Waals surface area contributed by atoms with Gasteiger partial charge in [-0.15, -0.1) is 0 Å². The highest BCUT2D eigenvalue weighted by molar-refractivity contribution is 6.09. The number of aryl methyl sites for hydroxylation is 1. The molecular weight excluding hydrogens is 571 g/mol. The molecule has 0 radical (unpaired) electrons. The topological polar surface area (TPSA) is 44.9 Å². The molecule has 0 N–H and O–H groups in total. The van der Waals surface area contributed by atoms with Crippen LogP contribution in [0.3, 0.4) is 0 Å². The Kier molecular flexibility index (Phi) is 7.97. The number of hydrogen-bond acceptors (Lipinski definition) is 3. The first-order valence-corrected chi connectivity index (χ1v) is 16.6. The summed E-state index contributed by atoms with van der Waals surface area (Å²) in [5.41, 5.74) is 8.08. The molecule has 3 aromatic heterocycles. The van der Waals surface area contributed by atoms with E-state index in [1.165, 1.54) is 48.8 Å². The summed E-state index contributed by atoms with van der Waals surface area (Å²) in [6.07, 6.45) is 8.75. The van der Waals surface area contributed by atoms with E-state index in [0.717, 1.165) is 45.4 Å². The molecule has 1 aliphatic rings. The van der Waals surface area contributed by atoms with Gasteiger partial charge in [0.1, 0.15) is 23.1 Å². The number of benzene rings is 3. The van der Waals surface area contributed by atoms with Gasteiger partial charge in [0, 0.05) is 52.3 Å². The molecule has 3 atom stereocenters. The minimum absolute atomic E-state index is 0.326. The van der Waals surface area contributed by atoms with Crippen LogP contribution in [0.15, 0.2) is 96.7 Å². The van der Waals surface area contributed by atoms with Crippen molar-refractivity contribution in [2.24, 2.45) is 11.8 Å². The molecule has 3 aromatic carbocycles. The van der Waals surface area contributed by atoms with Crippen LogP contribution in [0.25, 0.3) is 33.3 Å². The molecule has 7 rings (SSSR count). The summed E-state index contributed by atoms with van der Waals surface area (Å²) in [7, 11) is 0. The molecule has 0 aliphatic heterocycles. The molecule has 234 valence electrons. The Morgan fingerprint density at radius 2 is 1.65 bits per heavy atom. The molecule has 0 spiro atoms. The SMILES string of the molecule is CCC1=CC(CC)C[C@H](CC)[C@@H]1c1c(C)nn(-c2cccc(Oc3ccc4c5ccccc5n(-c5cc(F)ccn5)c4c3)c2)c1C. The van der Waals surface area contributed by atoms with Crippen LogP contribution in [0, 0.1) is 31.5 Å². The smallest absolute Gasteiger partial charge is 0.140 e. The van der Waals surface area contributed by atoms with Crippen molar-refractivity contribution in [2.75, 3.05) is 0 Å². The Bertz CT molecular complexity index is 2090. The van der Waals surface area contributed by atoms with Crippen molar-refractivity contribution in [1.29, 1.82) is 0 Å². The predicted octanol–water partition coefficient (Wildman–Crippen LogP) is 10.8. The first-order valence-electron chi connectivity index (χ1n) is 16.6. The minimum Gasteiger partial charge on any atom is -0.457 e. The molecule has 0 amide bonds. The van der Waals surface area contributed by atoms with Gasteiger partial charge in [-0.25, -0.2) is 14.1 Å². The van der Waals surface area contributed by atoms with Gasteiger partial charge in [0.25, 0.3) is 0 Å². The van der Waals surface area contributed by atoms with Crippen molar-refractivity contribution in [1.82, 2.24) is 19.3 Å². The summed E-state index contributed by atoms with van der Waals surface area (Å²) in [6.45, 7) is 11.3. The fraction of sp³-hybridized carbons (Fsp3) is 0.300. The van der Waals surface area contributed by atoms with E-state index >= 15 is 0 Å². The van der Waals surface area contributed by atoms with Gasteiger partial charge in [-0.2, -0.15) is 5.10 Å². The zero-order valence-corrected chi connectivity index (χ0v) is 27.3. The number of pyridine rings is 1. The second-order valence-corrected chi connectivity index (χ2v) is 12.6. The van der Waals surface area contributed by atoms with Crippen molar-refractivity contribution in [3.63, 3.8) is 0 Å². The molecule has 0 saturated heterocycles. The van der Waals surface area contributed by atoms with Crippen LogP contribution in [0.1, 0.15) is 69.3 Å². The summed E-state index contributed by atoms with van der Waals surface area (Å²) in [4.78, 5) is 4.49. The van der Waals surface area contributed by atoms with Gasteiger partial charge in [-0.3, -0.25) is 4.57 Å². The summed E-state index contributed by atoms with van der Waals surface area (Å²) in [5, 5.41) is 7.22. The van der Waals surface area contributed by atoms with Gasteiger partial charge < -0.3 is 4.74 Å². The second kappa shape index (κ2) is 12.2. The van der Waals surface area contributed by atoms with Crippen LogP contribution in [0.2, 0.25) is 0 Å². The van der Waals surface area contributed by atoms with Gasteiger partial charge in [-0.1, -0.05) is 63.1 Å². The van der Waals surface area contributed by atoms with E-state index in [-0.39, 0.29) is 5.82 Å². The highest BCUT2D eigenvalue weighted by Crippen LogP contribution is 2.46. The number of fused-ring (bicyclic) bond motifs is 3. The van der Waals surface area contributed by atoms with Crippen LogP contribution in [-0.2, 0) is 0 Å². The number of aromatic nitrogens is 4. The molecule has 6 aromatic rings. The largest absolute Gasteiger partial charge is 0.457 e. The number of hydrogen-bond donors (Lipinski definition) is 0. The molecule has 0 bridgehead atoms. The average Bonchev–Trinajstić information content (AvgIpc) is 3.56. The standard InChI is InChI=1S/C40H41FN4O/c1-6-27-20-28(7-2)40(29(8-3)21-27)39-25(4)43-45(26(39)5)31-12-11-13-32(23-31)46-33-16-17-35-34-14-9-10-15-36(34)44(37(35)24-33)38-22-30(41)18-19-42-38/h9-20,22-24,27,29,40H,6-8,21H2,1-5H3/t27?,29-,40+/m0/s1. The van der Waals surface area contributed by atoms with Crippen molar-refractivity contribution in [3.8, 4) is 23.0 Å². The van der Waals surface area contributed by atoms with Gasteiger partial charge in [-0.05, 0) is 81.3 Å². The normalized spacial score (nSPS) is 18.3. The Hall–Kier alpha value is -4.71. The minimum atomic E-state index is -0.326. The monoisotopic (exact) mass is 612 g/mol. The number of para-hydroxylation sites is 1. The lowest BCUT2D eigenvalue weighted by molar-refractivity contribution is 0.330. The van der Waals surface area contributed by atoms with Gasteiger partial charge in [0.15, 0.2) is 0 Å². The quantitative estimate of drug-likeness (QED) is 0.161. The number of halogens is 1. The number of ether oxygens (including phenoxy) is 1. The van der Waals surface area contributed by atoms with Crippen molar-refractivity contribution in [3.05, 3.63) is 119 Å². The van der Waals surface area contributed by atoms with E-state index in [1.807, 2.05) is 47.0 Å². The zero-order chi connectivity index (χ0) is 31.9. The number of rotatable bonds is 8. The Morgan fingerprint density at radius 3 is 2.43 bits per heavy atom. The molecule has 0 fully saturated rings. The van der Waals surface area contributed by atoms with E-state index < -0.39 is 0 Å².